The molecule has 0 radical (unpaired) electrons. The second-order valence-electron chi connectivity index (χ2n) is 8.46. The summed E-state index contributed by atoms with van der Waals surface area (Å²) < 4.78 is 64.4. The number of benzene rings is 1. The van der Waals surface area contributed by atoms with Crippen LogP contribution in [0.25, 0.3) is 5.69 Å². The first-order valence-corrected chi connectivity index (χ1v) is 12.4. The highest BCUT2D eigenvalue weighted by molar-refractivity contribution is 7.92. The van der Waals surface area contributed by atoms with E-state index in [4.69, 9.17) is 0 Å². The summed E-state index contributed by atoms with van der Waals surface area (Å²) in [6.07, 6.45) is 8.28. The highest BCUT2D eigenvalue weighted by Gasteiger charge is 2.46. The van der Waals surface area contributed by atoms with Crippen molar-refractivity contribution in [2.45, 2.75) is 55.5 Å². The van der Waals surface area contributed by atoms with Crippen LogP contribution in [0, 0.1) is 12.8 Å². The summed E-state index contributed by atoms with van der Waals surface area (Å²) in [5.74, 6) is -0.201. The van der Waals surface area contributed by atoms with Crippen LogP contribution in [-0.2, 0) is 9.84 Å². The molecule has 7 nitrogen and oxygen atoms in total. The van der Waals surface area contributed by atoms with Gasteiger partial charge in [0.05, 0.1) is 22.3 Å². The summed E-state index contributed by atoms with van der Waals surface area (Å²) in [6, 6.07) is 7.01. The van der Waals surface area contributed by atoms with Gasteiger partial charge in [0, 0.05) is 12.4 Å². The molecule has 0 spiro atoms. The van der Waals surface area contributed by atoms with E-state index in [0.29, 0.717) is 5.69 Å². The van der Waals surface area contributed by atoms with Gasteiger partial charge in [-0.05, 0) is 67.6 Å². The van der Waals surface area contributed by atoms with Crippen molar-refractivity contribution in [1.82, 2.24) is 14.1 Å². The first-order valence-electron chi connectivity index (χ1n) is 10.9. The zero-order chi connectivity index (χ0) is 24.7. The Morgan fingerprint density at radius 1 is 1.03 bits per heavy atom. The first kappa shape index (κ1) is 24.1. The molecule has 1 N–H and O–H groups in total. The fraction of sp³-hybridized carbons (Fsp3) is 0.391. The summed E-state index contributed by atoms with van der Waals surface area (Å²) >= 11 is 0. The largest absolute Gasteiger partial charge is 0.501 e. The zero-order valence-electron chi connectivity index (χ0n) is 18.4. The fourth-order valence-electron chi connectivity index (χ4n) is 4.72. The lowest BCUT2D eigenvalue weighted by Crippen LogP contribution is -2.33. The third kappa shape index (κ3) is 4.13. The zero-order valence-corrected chi connectivity index (χ0v) is 19.2. The van der Waals surface area contributed by atoms with Crippen LogP contribution in [-0.4, -0.2) is 33.2 Å². The molecule has 1 atom stereocenters. The van der Waals surface area contributed by atoms with Gasteiger partial charge in [-0.25, -0.2) is 17.8 Å². The van der Waals surface area contributed by atoms with Crippen LogP contribution in [0.15, 0.2) is 58.5 Å². The molecular weight excluding hydrogens is 471 g/mol. The Labute approximate surface area is 194 Å². The molecule has 1 aromatic carbocycles. The van der Waals surface area contributed by atoms with E-state index in [2.05, 4.69) is 4.98 Å². The van der Waals surface area contributed by atoms with Gasteiger partial charge in [0.2, 0.25) is 5.88 Å². The molecule has 2 heterocycles. The number of aromatic hydroxyl groups is 1. The molecule has 1 fully saturated rings. The maximum absolute atomic E-state index is 13.6. The standard InChI is InChI=1S/C23H24F3N3O4S/c1-15-21(30)29(18-7-9-19(10-8-18)34(32,33)23(24,25)26)22(31)28(15)20(16-5-3-2-4-6-16)17-11-13-27-14-12-17/h7-14,16,20,30H,2-6H2,1H3. The molecule has 182 valence electrons. The molecule has 11 heteroatoms. The smallest absolute Gasteiger partial charge is 0.493 e. The van der Waals surface area contributed by atoms with Gasteiger partial charge >= 0.3 is 11.2 Å². The van der Waals surface area contributed by atoms with Crippen LogP contribution in [0.3, 0.4) is 0 Å². The van der Waals surface area contributed by atoms with E-state index in [1.165, 1.54) is 4.57 Å². The number of aromatic nitrogens is 3. The second kappa shape index (κ2) is 8.94. The molecule has 0 amide bonds. The number of pyridine rings is 1. The Kier molecular flexibility index (Phi) is 6.32. The van der Waals surface area contributed by atoms with Crippen molar-refractivity contribution in [3.8, 4) is 11.6 Å². The maximum Gasteiger partial charge on any atom is 0.501 e. The van der Waals surface area contributed by atoms with Crippen molar-refractivity contribution in [3.63, 3.8) is 0 Å². The molecule has 1 aliphatic carbocycles. The lowest BCUT2D eigenvalue weighted by Gasteiger charge is -2.31. The predicted molar refractivity (Wildman–Crippen MR) is 119 cm³/mol. The van der Waals surface area contributed by atoms with Crippen LogP contribution in [0.1, 0.15) is 49.4 Å². The van der Waals surface area contributed by atoms with Gasteiger partial charge < -0.3 is 5.11 Å². The van der Waals surface area contributed by atoms with E-state index < -0.39 is 25.9 Å². The minimum absolute atomic E-state index is 0.0580. The Bertz CT molecular complexity index is 1320. The van der Waals surface area contributed by atoms with Crippen LogP contribution >= 0.6 is 0 Å². The molecule has 0 bridgehead atoms. The van der Waals surface area contributed by atoms with Gasteiger partial charge in [-0.3, -0.25) is 9.55 Å². The Morgan fingerprint density at radius 3 is 2.18 bits per heavy atom. The molecule has 2 aromatic heterocycles. The van der Waals surface area contributed by atoms with Gasteiger partial charge in [0.1, 0.15) is 0 Å². The van der Waals surface area contributed by atoms with Gasteiger partial charge in [0.25, 0.3) is 9.84 Å². The Hall–Kier alpha value is -3.08. The van der Waals surface area contributed by atoms with Crippen molar-refractivity contribution in [2.24, 2.45) is 5.92 Å². The summed E-state index contributed by atoms with van der Waals surface area (Å²) in [5, 5.41) is 10.8. The molecule has 0 aliphatic heterocycles. The summed E-state index contributed by atoms with van der Waals surface area (Å²) in [4.78, 5) is 16.7. The van der Waals surface area contributed by atoms with Crippen molar-refractivity contribution >= 4 is 9.84 Å². The Morgan fingerprint density at radius 2 is 1.62 bits per heavy atom. The maximum atomic E-state index is 13.6. The van der Waals surface area contributed by atoms with Gasteiger partial charge in [0.15, 0.2) is 0 Å². The van der Waals surface area contributed by atoms with Gasteiger partial charge in [-0.2, -0.15) is 13.2 Å². The van der Waals surface area contributed by atoms with E-state index in [1.54, 1.807) is 19.3 Å². The molecule has 34 heavy (non-hydrogen) atoms. The molecule has 0 saturated heterocycles. The minimum Gasteiger partial charge on any atom is -0.493 e. The van der Waals surface area contributed by atoms with Crippen LogP contribution in [0.5, 0.6) is 5.88 Å². The number of halogens is 3. The van der Waals surface area contributed by atoms with Crippen molar-refractivity contribution in [3.05, 3.63) is 70.5 Å². The number of hydrogen-bond donors (Lipinski definition) is 1. The topological polar surface area (TPSA) is 94.2 Å². The third-order valence-corrected chi connectivity index (χ3v) is 7.93. The quantitative estimate of drug-likeness (QED) is 0.562. The average Bonchev–Trinajstić information content (AvgIpc) is 3.03. The SMILES string of the molecule is Cc1c(O)n(-c2ccc(S(=O)(=O)C(F)(F)F)cc2)c(=O)n1C(c1ccncc1)C1CCCCC1. The molecular formula is C23H24F3N3O4S. The number of imidazole rings is 1. The van der Waals surface area contributed by atoms with Crippen LogP contribution in [0.2, 0.25) is 0 Å². The molecule has 1 aliphatic rings. The van der Waals surface area contributed by atoms with Crippen molar-refractivity contribution in [2.75, 3.05) is 0 Å². The highest BCUT2D eigenvalue weighted by atomic mass is 32.2. The molecule has 4 rings (SSSR count). The fourth-order valence-corrected chi connectivity index (χ4v) is 5.48. The van der Waals surface area contributed by atoms with Crippen LogP contribution in [0.4, 0.5) is 13.2 Å². The van der Waals surface area contributed by atoms with Crippen LogP contribution < -0.4 is 5.69 Å². The third-order valence-electron chi connectivity index (χ3n) is 6.43. The summed E-state index contributed by atoms with van der Waals surface area (Å²) in [7, 11) is -5.52. The normalized spacial score (nSPS) is 16.5. The highest BCUT2D eigenvalue weighted by Crippen LogP contribution is 2.38. The lowest BCUT2D eigenvalue weighted by atomic mass is 9.81. The Balaban J connectivity index is 1.82. The first-order chi connectivity index (χ1) is 16.0. The van der Waals surface area contributed by atoms with E-state index in [1.807, 2.05) is 12.1 Å². The summed E-state index contributed by atoms with van der Waals surface area (Å²) in [5.41, 5.74) is -4.76. The predicted octanol–water partition coefficient (Wildman–Crippen LogP) is 4.51. The summed E-state index contributed by atoms with van der Waals surface area (Å²) in [6.45, 7) is 1.60. The van der Waals surface area contributed by atoms with Crippen molar-refractivity contribution in [1.29, 1.82) is 0 Å². The van der Waals surface area contributed by atoms with Gasteiger partial charge in [-0.15, -0.1) is 0 Å². The minimum atomic E-state index is -5.52. The number of alkyl halides is 3. The van der Waals surface area contributed by atoms with E-state index in [9.17, 15) is 31.5 Å². The van der Waals surface area contributed by atoms with E-state index in [-0.39, 0.29) is 23.5 Å². The number of sulfone groups is 1. The van der Waals surface area contributed by atoms with E-state index in [0.717, 1.165) is 66.5 Å². The van der Waals surface area contributed by atoms with Crippen molar-refractivity contribution < 1.29 is 26.7 Å². The molecule has 1 saturated carbocycles. The van der Waals surface area contributed by atoms with Gasteiger partial charge in [-0.1, -0.05) is 19.3 Å². The molecule has 3 aromatic rings. The number of nitrogens with zero attached hydrogens (tertiary/aromatic N) is 3. The lowest BCUT2D eigenvalue weighted by molar-refractivity contribution is -0.0436. The monoisotopic (exact) mass is 495 g/mol. The molecule has 1 unspecified atom stereocenters. The van der Waals surface area contributed by atoms with E-state index >= 15 is 0 Å². The average molecular weight is 496 g/mol. The number of hydrogen-bond acceptors (Lipinski definition) is 5. The number of rotatable bonds is 5. The second-order valence-corrected chi connectivity index (χ2v) is 10.4.